The van der Waals surface area contributed by atoms with Crippen molar-refractivity contribution in [2.75, 3.05) is 19.0 Å². The third kappa shape index (κ3) is 3.97. The SMILES string of the molecule is C/C(=N/NC(=O)c1cc(-c2ccccc2)n[nH]1)c1ccc(N(C)C)cc1. The number of hydrogen-bond donors (Lipinski definition) is 2. The van der Waals surface area contributed by atoms with Gasteiger partial charge in [-0.3, -0.25) is 9.89 Å². The summed E-state index contributed by atoms with van der Waals surface area (Å²) >= 11 is 0. The Morgan fingerprint density at radius 3 is 2.42 bits per heavy atom. The maximum Gasteiger partial charge on any atom is 0.289 e. The van der Waals surface area contributed by atoms with Crippen molar-refractivity contribution < 1.29 is 4.79 Å². The first kappa shape index (κ1) is 17.4. The molecule has 26 heavy (non-hydrogen) atoms. The van der Waals surface area contributed by atoms with Gasteiger partial charge in [0.2, 0.25) is 0 Å². The number of carbonyl (C=O) groups is 1. The van der Waals surface area contributed by atoms with Crippen molar-refractivity contribution in [1.82, 2.24) is 15.6 Å². The van der Waals surface area contributed by atoms with Gasteiger partial charge in [-0.25, -0.2) is 5.43 Å². The van der Waals surface area contributed by atoms with Crippen LogP contribution in [0.2, 0.25) is 0 Å². The molecule has 132 valence electrons. The zero-order chi connectivity index (χ0) is 18.5. The predicted molar refractivity (Wildman–Crippen MR) is 104 cm³/mol. The summed E-state index contributed by atoms with van der Waals surface area (Å²) in [5.41, 5.74) is 7.38. The lowest BCUT2D eigenvalue weighted by atomic mass is 10.1. The lowest BCUT2D eigenvalue weighted by molar-refractivity contribution is 0.0950. The summed E-state index contributed by atoms with van der Waals surface area (Å²) < 4.78 is 0. The minimum absolute atomic E-state index is 0.330. The van der Waals surface area contributed by atoms with E-state index in [1.54, 1.807) is 6.07 Å². The van der Waals surface area contributed by atoms with Crippen LogP contribution in [0.5, 0.6) is 0 Å². The Hall–Kier alpha value is -3.41. The van der Waals surface area contributed by atoms with E-state index in [0.717, 1.165) is 28.2 Å². The molecule has 6 heteroatoms. The van der Waals surface area contributed by atoms with Crippen LogP contribution in [0.4, 0.5) is 5.69 Å². The van der Waals surface area contributed by atoms with Crippen molar-refractivity contribution >= 4 is 17.3 Å². The number of aromatic amines is 1. The normalized spacial score (nSPS) is 11.3. The van der Waals surface area contributed by atoms with Crippen molar-refractivity contribution in [3.63, 3.8) is 0 Å². The smallest absolute Gasteiger partial charge is 0.289 e. The van der Waals surface area contributed by atoms with E-state index in [-0.39, 0.29) is 5.91 Å². The zero-order valence-electron chi connectivity index (χ0n) is 15.0. The van der Waals surface area contributed by atoms with Crippen molar-refractivity contribution in [2.24, 2.45) is 5.10 Å². The monoisotopic (exact) mass is 347 g/mol. The van der Waals surface area contributed by atoms with Gasteiger partial charge in [-0.1, -0.05) is 42.5 Å². The highest BCUT2D eigenvalue weighted by Crippen LogP contribution is 2.17. The van der Waals surface area contributed by atoms with Gasteiger partial charge in [-0.05, 0) is 30.7 Å². The molecule has 6 nitrogen and oxygen atoms in total. The molecule has 0 bridgehead atoms. The maximum absolute atomic E-state index is 12.3. The second-order valence-corrected chi connectivity index (χ2v) is 6.11. The van der Waals surface area contributed by atoms with Crippen LogP contribution in [0.25, 0.3) is 11.3 Å². The van der Waals surface area contributed by atoms with E-state index in [9.17, 15) is 4.79 Å². The topological polar surface area (TPSA) is 73.4 Å². The van der Waals surface area contributed by atoms with E-state index < -0.39 is 0 Å². The third-order valence-electron chi connectivity index (χ3n) is 4.02. The molecule has 0 atom stereocenters. The number of nitrogens with zero attached hydrogens (tertiary/aromatic N) is 3. The summed E-state index contributed by atoms with van der Waals surface area (Å²) in [5.74, 6) is -0.330. The molecule has 0 aliphatic rings. The van der Waals surface area contributed by atoms with Crippen LogP contribution in [-0.2, 0) is 0 Å². The van der Waals surface area contributed by atoms with Crippen molar-refractivity contribution in [2.45, 2.75) is 6.92 Å². The van der Waals surface area contributed by atoms with Gasteiger partial charge < -0.3 is 4.90 Å². The molecule has 1 heterocycles. The van der Waals surface area contributed by atoms with Gasteiger partial charge in [-0.2, -0.15) is 10.2 Å². The molecule has 2 N–H and O–H groups in total. The molecular weight excluding hydrogens is 326 g/mol. The molecule has 0 fully saturated rings. The molecule has 0 spiro atoms. The molecule has 0 saturated carbocycles. The lowest BCUT2D eigenvalue weighted by Crippen LogP contribution is -2.19. The number of anilines is 1. The first-order valence-corrected chi connectivity index (χ1v) is 8.28. The lowest BCUT2D eigenvalue weighted by Gasteiger charge is -2.12. The molecule has 1 aromatic heterocycles. The number of nitrogens with one attached hydrogen (secondary N) is 2. The minimum atomic E-state index is -0.330. The fourth-order valence-corrected chi connectivity index (χ4v) is 2.46. The molecule has 0 radical (unpaired) electrons. The van der Waals surface area contributed by atoms with E-state index in [1.807, 2.05) is 80.5 Å². The molecule has 3 rings (SSSR count). The largest absolute Gasteiger partial charge is 0.378 e. The van der Waals surface area contributed by atoms with Gasteiger partial charge >= 0.3 is 0 Å². The highest BCUT2D eigenvalue weighted by Gasteiger charge is 2.10. The Balaban J connectivity index is 1.68. The summed E-state index contributed by atoms with van der Waals surface area (Å²) in [6.45, 7) is 1.85. The average Bonchev–Trinajstić information content (AvgIpc) is 3.17. The Morgan fingerprint density at radius 2 is 1.77 bits per heavy atom. The van der Waals surface area contributed by atoms with Crippen LogP contribution in [0.1, 0.15) is 23.0 Å². The van der Waals surface area contributed by atoms with Crippen molar-refractivity contribution in [1.29, 1.82) is 0 Å². The van der Waals surface area contributed by atoms with Gasteiger partial charge in [0, 0.05) is 25.3 Å². The minimum Gasteiger partial charge on any atom is -0.378 e. The Morgan fingerprint density at radius 1 is 1.08 bits per heavy atom. The number of rotatable bonds is 5. The van der Waals surface area contributed by atoms with E-state index in [4.69, 9.17) is 0 Å². The summed E-state index contributed by atoms with van der Waals surface area (Å²) in [7, 11) is 3.98. The summed E-state index contributed by atoms with van der Waals surface area (Å²) in [5, 5.41) is 11.1. The van der Waals surface area contributed by atoms with Gasteiger partial charge in [0.1, 0.15) is 5.69 Å². The van der Waals surface area contributed by atoms with Crippen LogP contribution >= 0.6 is 0 Å². The highest BCUT2D eigenvalue weighted by molar-refractivity contribution is 6.00. The van der Waals surface area contributed by atoms with Gasteiger partial charge in [0.15, 0.2) is 0 Å². The predicted octanol–water partition coefficient (Wildman–Crippen LogP) is 3.30. The standard InChI is InChI=1S/C20H21N5O/c1-14(15-9-11-17(12-10-15)25(2)3)21-24-20(26)19-13-18(22-23-19)16-7-5-4-6-8-16/h4-13H,1-3H3,(H,22,23)(H,24,26)/b21-14-. The Bertz CT molecular complexity index is 911. The molecule has 0 aliphatic carbocycles. The van der Waals surface area contributed by atoms with Crippen LogP contribution in [0.3, 0.4) is 0 Å². The second kappa shape index (κ2) is 7.65. The average molecular weight is 347 g/mol. The van der Waals surface area contributed by atoms with Crippen molar-refractivity contribution in [3.05, 3.63) is 71.9 Å². The summed E-state index contributed by atoms with van der Waals surface area (Å²) in [6, 6.07) is 19.4. The quantitative estimate of drug-likeness (QED) is 0.549. The number of aromatic nitrogens is 2. The second-order valence-electron chi connectivity index (χ2n) is 6.11. The van der Waals surface area contributed by atoms with E-state index in [0.29, 0.717) is 5.69 Å². The third-order valence-corrected chi connectivity index (χ3v) is 4.02. The number of amides is 1. The van der Waals surface area contributed by atoms with Crippen molar-refractivity contribution in [3.8, 4) is 11.3 Å². The molecule has 3 aromatic rings. The van der Waals surface area contributed by atoms with E-state index >= 15 is 0 Å². The van der Waals surface area contributed by atoms with E-state index in [2.05, 4.69) is 20.7 Å². The maximum atomic E-state index is 12.3. The van der Waals surface area contributed by atoms with Crippen LogP contribution in [0.15, 0.2) is 65.8 Å². The first-order chi connectivity index (χ1) is 12.5. The summed E-state index contributed by atoms with van der Waals surface area (Å²) in [6.07, 6.45) is 0. The van der Waals surface area contributed by atoms with Gasteiger partial charge in [-0.15, -0.1) is 0 Å². The number of benzene rings is 2. The van der Waals surface area contributed by atoms with E-state index in [1.165, 1.54) is 0 Å². The molecule has 0 unspecified atom stereocenters. The fraction of sp³-hybridized carbons (Fsp3) is 0.150. The molecule has 2 aromatic carbocycles. The number of H-pyrrole nitrogens is 1. The Kier molecular flexibility index (Phi) is 5.12. The zero-order valence-corrected chi connectivity index (χ0v) is 15.0. The molecule has 1 amide bonds. The molecular formula is C20H21N5O. The number of hydrogen-bond acceptors (Lipinski definition) is 4. The van der Waals surface area contributed by atoms with Crippen LogP contribution < -0.4 is 10.3 Å². The van der Waals surface area contributed by atoms with Gasteiger partial charge in [0.25, 0.3) is 5.91 Å². The summed E-state index contributed by atoms with van der Waals surface area (Å²) in [4.78, 5) is 14.3. The number of hydrazone groups is 1. The first-order valence-electron chi connectivity index (χ1n) is 8.28. The van der Waals surface area contributed by atoms with Gasteiger partial charge in [0.05, 0.1) is 11.4 Å². The number of carbonyl (C=O) groups excluding carboxylic acids is 1. The highest BCUT2D eigenvalue weighted by atomic mass is 16.2. The Labute approximate surface area is 152 Å². The van der Waals surface area contributed by atoms with Crippen LogP contribution in [0, 0.1) is 0 Å². The fourth-order valence-electron chi connectivity index (χ4n) is 2.46. The molecule has 0 aliphatic heterocycles. The van der Waals surface area contributed by atoms with Crippen LogP contribution in [-0.4, -0.2) is 35.9 Å². The molecule has 0 saturated heterocycles.